The van der Waals surface area contributed by atoms with Gasteiger partial charge in [0.1, 0.15) is 10.9 Å². The molecule has 1 heterocycles. The number of fused-ring (bicyclic) bond motifs is 2. The summed E-state index contributed by atoms with van der Waals surface area (Å²) in [7, 11) is -6.05. The Labute approximate surface area is 198 Å². The zero-order chi connectivity index (χ0) is 23.4. The lowest BCUT2D eigenvalue weighted by Gasteiger charge is -2.18. The summed E-state index contributed by atoms with van der Waals surface area (Å²) in [6.07, 6.45) is 1.08. The second-order valence-electron chi connectivity index (χ2n) is 7.37. The molecule has 0 saturated heterocycles. The van der Waals surface area contributed by atoms with Crippen LogP contribution in [0.3, 0.4) is 0 Å². The minimum atomic E-state index is -6.00. The zero-order valence-electron chi connectivity index (χ0n) is 17.9. The van der Waals surface area contributed by atoms with E-state index in [1.807, 2.05) is 11.8 Å². The van der Waals surface area contributed by atoms with E-state index >= 15 is 0 Å². The second-order valence-corrected chi connectivity index (χ2v) is 10.4. The van der Waals surface area contributed by atoms with Crippen molar-refractivity contribution in [1.82, 2.24) is 0 Å². The van der Waals surface area contributed by atoms with Crippen molar-refractivity contribution in [2.45, 2.75) is 37.8 Å². The Bertz CT molecular complexity index is 1170. The molecule has 1 aliphatic rings. The van der Waals surface area contributed by atoms with Crippen molar-refractivity contribution in [2.24, 2.45) is 0 Å². The fourth-order valence-electron chi connectivity index (χ4n) is 3.61. The highest BCUT2D eigenvalue weighted by molar-refractivity contribution is 8.04. The predicted molar refractivity (Wildman–Crippen MR) is 131 cm³/mol. The van der Waals surface area contributed by atoms with Crippen LogP contribution in [0.25, 0.3) is 11.1 Å². The monoisotopic (exact) mass is 484 g/mol. The van der Waals surface area contributed by atoms with Crippen LogP contribution in [-0.4, -0.2) is 7.25 Å². The molecule has 0 amide bonds. The van der Waals surface area contributed by atoms with Crippen molar-refractivity contribution in [2.75, 3.05) is 0 Å². The normalized spacial score (nSPS) is 12.9. The maximum Gasteiger partial charge on any atom is 0.673 e. The first-order chi connectivity index (χ1) is 15.8. The summed E-state index contributed by atoms with van der Waals surface area (Å²) in [5, 5.41) is 0. The highest BCUT2D eigenvalue weighted by atomic mass is 32.2. The lowest BCUT2D eigenvalue weighted by Crippen LogP contribution is -2.10. The van der Waals surface area contributed by atoms with Gasteiger partial charge in [-0.05, 0) is 71.6 Å². The van der Waals surface area contributed by atoms with Crippen molar-refractivity contribution >= 4 is 29.9 Å². The lowest BCUT2D eigenvalue weighted by molar-refractivity contribution is 0.368. The van der Waals surface area contributed by atoms with Crippen LogP contribution in [0.5, 0.6) is 0 Å². The maximum atomic E-state index is 9.75. The minimum Gasteiger partial charge on any atom is -0.418 e. The fourth-order valence-corrected chi connectivity index (χ4v) is 7.35. The Morgan fingerprint density at radius 2 is 1.06 bits per heavy atom. The SMILES string of the molecule is CCc1ccc(-c2ccc([S+]3c4ccccc4Sc4ccccc43)cc2)cc1.F[B-](F)(F)F. The molecule has 0 N–H and O–H groups in total. The molecule has 0 aromatic heterocycles. The molecule has 0 spiro atoms. The van der Waals surface area contributed by atoms with Crippen molar-refractivity contribution in [3.8, 4) is 11.1 Å². The van der Waals surface area contributed by atoms with Crippen LogP contribution in [0.4, 0.5) is 17.3 Å². The Morgan fingerprint density at radius 1 is 0.636 bits per heavy atom. The maximum absolute atomic E-state index is 9.75. The number of hydrogen-bond donors (Lipinski definition) is 0. The van der Waals surface area contributed by atoms with Crippen LogP contribution in [0.1, 0.15) is 12.5 Å². The van der Waals surface area contributed by atoms with Gasteiger partial charge in [0.05, 0.1) is 9.79 Å². The van der Waals surface area contributed by atoms with Gasteiger partial charge < -0.3 is 17.3 Å². The van der Waals surface area contributed by atoms with E-state index in [1.54, 1.807) is 0 Å². The zero-order valence-corrected chi connectivity index (χ0v) is 19.5. The quantitative estimate of drug-likeness (QED) is 0.140. The van der Waals surface area contributed by atoms with Gasteiger partial charge in [0.25, 0.3) is 0 Å². The third kappa shape index (κ3) is 5.84. The highest BCUT2D eigenvalue weighted by Gasteiger charge is 2.37. The topological polar surface area (TPSA) is 0 Å². The Kier molecular flexibility index (Phi) is 7.20. The molecular weight excluding hydrogens is 463 g/mol. The van der Waals surface area contributed by atoms with Crippen molar-refractivity contribution in [3.63, 3.8) is 0 Å². The van der Waals surface area contributed by atoms with Gasteiger partial charge in [-0.1, -0.05) is 67.2 Å². The molecule has 0 unspecified atom stereocenters. The van der Waals surface area contributed by atoms with Gasteiger partial charge in [-0.3, -0.25) is 0 Å². The van der Waals surface area contributed by atoms with Crippen LogP contribution in [-0.2, 0) is 17.3 Å². The number of halogens is 4. The average Bonchev–Trinajstić information content (AvgIpc) is 2.82. The first-order valence-electron chi connectivity index (χ1n) is 10.5. The summed E-state index contributed by atoms with van der Waals surface area (Å²) in [5.74, 6) is 0. The molecule has 33 heavy (non-hydrogen) atoms. The van der Waals surface area contributed by atoms with E-state index in [0.29, 0.717) is 0 Å². The summed E-state index contributed by atoms with van der Waals surface area (Å²) in [6.45, 7) is 2.20. The van der Waals surface area contributed by atoms with Gasteiger partial charge >= 0.3 is 7.25 Å². The van der Waals surface area contributed by atoms with E-state index in [9.17, 15) is 17.3 Å². The average molecular weight is 484 g/mol. The second kappa shape index (κ2) is 10.1. The fraction of sp³-hybridized carbons (Fsp3) is 0.0769. The van der Waals surface area contributed by atoms with Crippen molar-refractivity contribution < 1.29 is 17.3 Å². The predicted octanol–water partition coefficient (Wildman–Crippen LogP) is 8.78. The molecule has 0 saturated carbocycles. The first kappa shape index (κ1) is 23.5. The van der Waals surface area contributed by atoms with E-state index in [0.717, 1.165) is 6.42 Å². The van der Waals surface area contributed by atoms with Crippen LogP contribution >= 0.6 is 11.8 Å². The smallest absolute Gasteiger partial charge is 0.418 e. The molecule has 4 aromatic rings. The molecule has 0 bridgehead atoms. The van der Waals surface area contributed by atoms with Gasteiger partial charge in [-0.2, -0.15) is 0 Å². The number of benzene rings is 4. The van der Waals surface area contributed by atoms with Gasteiger partial charge in [-0.15, -0.1) is 0 Å². The van der Waals surface area contributed by atoms with Crippen LogP contribution in [0.2, 0.25) is 0 Å². The summed E-state index contributed by atoms with van der Waals surface area (Å²) >= 11 is 1.89. The van der Waals surface area contributed by atoms with E-state index in [4.69, 9.17) is 0 Å². The summed E-state index contributed by atoms with van der Waals surface area (Å²) in [4.78, 5) is 7.01. The minimum absolute atomic E-state index is 0.0485. The Hall–Kier alpha value is -2.64. The van der Waals surface area contributed by atoms with E-state index < -0.39 is 7.25 Å². The van der Waals surface area contributed by atoms with Crippen LogP contribution in [0.15, 0.2) is 122 Å². The van der Waals surface area contributed by atoms with Crippen molar-refractivity contribution in [1.29, 1.82) is 0 Å². The number of rotatable bonds is 3. The van der Waals surface area contributed by atoms with Gasteiger partial charge in [0.2, 0.25) is 0 Å². The standard InChI is InChI=1S/C26H21S2.BF4/c1-2-19-11-13-20(14-12-19)21-15-17-22(18-16-21)28-25-9-5-3-7-23(25)27-24-8-4-6-10-26(24)28;2-1(3,4)5/h3-18H,2H2,1H3;/q+1;-1. The number of aryl methyl sites for hydroxylation is 1. The first-order valence-corrected chi connectivity index (χ1v) is 12.5. The molecule has 0 atom stereocenters. The van der Waals surface area contributed by atoms with E-state index in [2.05, 4.69) is 104 Å². The molecule has 1 aliphatic heterocycles. The molecular formula is C26H21BF4S2. The summed E-state index contributed by atoms with van der Waals surface area (Å²) < 4.78 is 39.0. The molecule has 0 aliphatic carbocycles. The number of hydrogen-bond acceptors (Lipinski definition) is 1. The van der Waals surface area contributed by atoms with Gasteiger partial charge in [0.15, 0.2) is 14.7 Å². The molecule has 0 nitrogen and oxygen atoms in total. The molecule has 4 aromatic carbocycles. The Balaban J connectivity index is 0.000000471. The van der Waals surface area contributed by atoms with E-state index in [1.165, 1.54) is 41.2 Å². The third-order valence-electron chi connectivity index (χ3n) is 5.14. The summed E-state index contributed by atoms with van der Waals surface area (Å²) in [5.41, 5.74) is 3.95. The van der Waals surface area contributed by atoms with Crippen LogP contribution < -0.4 is 0 Å². The molecule has 0 fully saturated rings. The summed E-state index contributed by atoms with van der Waals surface area (Å²) in [6, 6.07) is 35.8. The molecule has 5 rings (SSSR count). The van der Waals surface area contributed by atoms with Gasteiger partial charge in [-0.25, -0.2) is 0 Å². The van der Waals surface area contributed by atoms with E-state index in [-0.39, 0.29) is 10.9 Å². The third-order valence-corrected chi connectivity index (χ3v) is 8.89. The molecule has 0 radical (unpaired) electrons. The largest absolute Gasteiger partial charge is 0.673 e. The molecule has 168 valence electrons. The van der Waals surface area contributed by atoms with Crippen LogP contribution in [0, 0.1) is 0 Å². The van der Waals surface area contributed by atoms with Crippen molar-refractivity contribution in [3.05, 3.63) is 103 Å². The highest BCUT2D eigenvalue weighted by Crippen LogP contribution is 2.48. The Morgan fingerprint density at radius 3 is 1.52 bits per heavy atom. The molecule has 7 heteroatoms. The lowest BCUT2D eigenvalue weighted by atomic mass is 10.0. The van der Waals surface area contributed by atoms with Gasteiger partial charge in [0, 0.05) is 0 Å².